The van der Waals surface area contributed by atoms with Crippen molar-refractivity contribution < 1.29 is 13.9 Å². The van der Waals surface area contributed by atoms with Gasteiger partial charge in [0, 0.05) is 19.4 Å². The molecule has 0 spiro atoms. The highest BCUT2D eigenvalue weighted by Gasteiger charge is 2.29. The van der Waals surface area contributed by atoms with Crippen LogP contribution in [0.3, 0.4) is 0 Å². The predicted octanol–water partition coefficient (Wildman–Crippen LogP) is 7.38. The zero-order valence-electron chi connectivity index (χ0n) is 22.6. The minimum atomic E-state index is -0.206. The third-order valence-electron chi connectivity index (χ3n) is 8.07. The largest absolute Gasteiger partial charge is 0.493 e. The van der Waals surface area contributed by atoms with Gasteiger partial charge in [0.25, 0.3) is 0 Å². The molecular weight excluding hydrogens is 489 g/mol. The summed E-state index contributed by atoms with van der Waals surface area (Å²) >= 11 is 0. The van der Waals surface area contributed by atoms with E-state index < -0.39 is 0 Å². The van der Waals surface area contributed by atoms with E-state index in [0.717, 1.165) is 82.7 Å². The lowest BCUT2D eigenvalue weighted by Crippen LogP contribution is -2.38. The number of fused-ring (bicyclic) bond motifs is 2. The van der Waals surface area contributed by atoms with Gasteiger partial charge in [0.05, 0.1) is 23.7 Å². The summed E-state index contributed by atoms with van der Waals surface area (Å²) in [6, 6.07) is 17.9. The molecule has 1 unspecified atom stereocenters. The molecule has 1 atom stereocenters. The van der Waals surface area contributed by atoms with Crippen molar-refractivity contribution in [2.75, 3.05) is 13.2 Å². The second-order valence-electron chi connectivity index (χ2n) is 10.8. The fraction of sp³-hybridized carbons (Fsp3) is 0.333. The molecule has 1 aromatic heterocycles. The summed E-state index contributed by atoms with van der Waals surface area (Å²) in [6.07, 6.45) is 6.92. The maximum absolute atomic E-state index is 14.3. The van der Waals surface area contributed by atoms with Gasteiger partial charge in [-0.1, -0.05) is 35.9 Å². The fourth-order valence-corrected chi connectivity index (χ4v) is 5.87. The third kappa shape index (κ3) is 5.33. The highest BCUT2D eigenvalue weighted by Crippen LogP contribution is 2.34. The lowest BCUT2D eigenvalue weighted by atomic mass is 9.93. The minimum Gasteiger partial charge on any atom is -0.493 e. The standard InChI is InChI=1S/C33H34FN3O2/c1-21-6-8-26(19-28(21)34)31-5-3-4-15-37(31)33(38)17-23-7-9-27-18-24(11-13-32(27)39-16-14-23)25-10-12-29-30(20-25)36-22(2)35-29/h6-8,10-13,18-20,31H,3-5,9,14-17H2,1-2H3,(H,35,36)/b23-7+. The van der Waals surface area contributed by atoms with E-state index in [9.17, 15) is 9.18 Å². The quantitative estimate of drug-likeness (QED) is 0.284. The number of likely N-dealkylation sites (tertiary alicyclic amines) is 1. The number of aryl methyl sites for hydroxylation is 2. The summed E-state index contributed by atoms with van der Waals surface area (Å²) in [5, 5.41) is 0. The van der Waals surface area contributed by atoms with Crippen LogP contribution in [0.2, 0.25) is 0 Å². The van der Waals surface area contributed by atoms with Crippen LogP contribution in [0.25, 0.3) is 22.2 Å². The molecule has 39 heavy (non-hydrogen) atoms. The first-order valence-electron chi connectivity index (χ1n) is 13.9. The number of aromatic amines is 1. The number of rotatable bonds is 4. The lowest BCUT2D eigenvalue weighted by molar-refractivity contribution is -0.134. The number of amides is 1. The Morgan fingerprint density at radius 3 is 2.79 bits per heavy atom. The van der Waals surface area contributed by atoms with E-state index in [1.165, 1.54) is 0 Å². The minimum absolute atomic E-state index is 0.0639. The van der Waals surface area contributed by atoms with Crippen molar-refractivity contribution in [3.8, 4) is 16.9 Å². The Morgan fingerprint density at radius 1 is 1.08 bits per heavy atom. The van der Waals surface area contributed by atoms with Crippen molar-refractivity contribution in [3.63, 3.8) is 0 Å². The van der Waals surface area contributed by atoms with Crippen molar-refractivity contribution in [2.24, 2.45) is 0 Å². The number of allylic oxidation sites excluding steroid dienone is 1. The van der Waals surface area contributed by atoms with E-state index in [-0.39, 0.29) is 17.8 Å². The van der Waals surface area contributed by atoms with Crippen LogP contribution in [-0.4, -0.2) is 33.9 Å². The van der Waals surface area contributed by atoms with Crippen LogP contribution in [0.1, 0.15) is 60.7 Å². The van der Waals surface area contributed by atoms with E-state index in [1.54, 1.807) is 13.0 Å². The van der Waals surface area contributed by atoms with Crippen LogP contribution < -0.4 is 4.74 Å². The molecule has 0 aliphatic carbocycles. The third-order valence-corrected chi connectivity index (χ3v) is 8.07. The molecule has 6 heteroatoms. The topological polar surface area (TPSA) is 58.2 Å². The van der Waals surface area contributed by atoms with Crippen LogP contribution in [0, 0.1) is 19.7 Å². The van der Waals surface area contributed by atoms with Gasteiger partial charge in [0.15, 0.2) is 0 Å². The molecule has 1 saturated heterocycles. The summed E-state index contributed by atoms with van der Waals surface area (Å²) in [6.45, 7) is 4.99. The summed E-state index contributed by atoms with van der Waals surface area (Å²) in [4.78, 5) is 23.3. The molecule has 3 aromatic carbocycles. The molecule has 1 fully saturated rings. The molecule has 0 radical (unpaired) electrons. The molecule has 2 aliphatic heterocycles. The van der Waals surface area contributed by atoms with Crippen LogP contribution >= 0.6 is 0 Å². The van der Waals surface area contributed by atoms with Crippen molar-refractivity contribution in [1.29, 1.82) is 0 Å². The number of halogens is 1. The van der Waals surface area contributed by atoms with Crippen molar-refractivity contribution >= 4 is 16.9 Å². The maximum atomic E-state index is 14.3. The summed E-state index contributed by atoms with van der Waals surface area (Å²) in [7, 11) is 0. The molecule has 2 aliphatic rings. The summed E-state index contributed by atoms with van der Waals surface area (Å²) < 4.78 is 20.5. The molecule has 1 amide bonds. The second-order valence-corrected chi connectivity index (χ2v) is 10.8. The summed E-state index contributed by atoms with van der Waals surface area (Å²) in [5.74, 6) is 1.71. The molecule has 4 aromatic rings. The smallest absolute Gasteiger partial charge is 0.227 e. The van der Waals surface area contributed by atoms with E-state index in [0.29, 0.717) is 25.0 Å². The number of carbonyl (C=O) groups excluding carboxylic acids is 1. The van der Waals surface area contributed by atoms with E-state index in [1.807, 2.05) is 30.0 Å². The molecule has 200 valence electrons. The monoisotopic (exact) mass is 523 g/mol. The first-order chi connectivity index (χ1) is 18.9. The zero-order valence-corrected chi connectivity index (χ0v) is 22.6. The van der Waals surface area contributed by atoms with Gasteiger partial charge in [-0.3, -0.25) is 4.79 Å². The van der Waals surface area contributed by atoms with E-state index in [4.69, 9.17) is 4.74 Å². The normalized spacial score (nSPS) is 19.0. The number of carbonyl (C=O) groups is 1. The van der Waals surface area contributed by atoms with E-state index in [2.05, 4.69) is 46.4 Å². The van der Waals surface area contributed by atoms with E-state index >= 15 is 0 Å². The molecule has 6 rings (SSSR count). The average molecular weight is 524 g/mol. The van der Waals surface area contributed by atoms with Gasteiger partial charge in [-0.2, -0.15) is 0 Å². The number of ether oxygens (including phenoxy) is 1. The lowest BCUT2D eigenvalue weighted by Gasteiger charge is -2.36. The molecule has 3 heterocycles. The number of hydrogen-bond acceptors (Lipinski definition) is 3. The molecule has 5 nitrogen and oxygen atoms in total. The van der Waals surface area contributed by atoms with Crippen LogP contribution in [0.15, 0.2) is 66.2 Å². The number of benzene rings is 3. The van der Waals surface area contributed by atoms with Gasteiger partial charge in [-0.25, -0.2) is 9.37 Å². The number of nitrogens with zero attached hydrogens (tertiary/aromatic N) is 2. The molecule has 0 saturated carbocycles. The highest BCUT2D eigenvalue weighted by atomic mass is 19.1. The zero-order chi connectivity index (χ0) is 26.9. The van der Waals surface area contributed by atoms with Crippen LogP contribution in [-0.2, 0) is 11.2 Å². The maximum Gasteiger partial charge on any atom is 0.227 e. The Kier molecular flexibility index (Phi) is 6.94. The first-order valence-corrected chi connectivity index (χ1v) is 13.9. The van der Waals surface area contributed by atoms with Gasteiger partial charge < -0.3 is 14.6 Å². The van der Waals surface area contributed by atoms with Crippen molar-refractivity contribution in [3.05, 3.63) is 94.6 Å². The van der Waals surface area contributed by atoms with Crippen molar-refractivity contribution in [2.45, 2.75) is 58.4 Å². The Balaban J connectivity index is 1.20. The fourth-order valence-electron chi connectivity index (χ4n) is 5.87. The molecule has 0 bridgehead atoms. The average Bonchev–Trinajstić information content (AvgIpc) is 3.31. The Labute approximate surface area is 228 Å². The molecular formula is C33H34FN3O2. The first kappa shape index (κ1) is 25.4. The van der Waals surface area contributed by atoms with Gasteiger partial charge in [0.2, 0.25) is 5.91 Å². The number of H-pyrrole nitrogens is 1. The number of imidazole rings is 1. The second kappa shape index (κ2) is 10.7. The Bertz CT molecular complexity index is 1570. The van der Waals surface area contributed by atoms with Gasteiger partial charge in [0.1, 0.15) is 17.4 Å². The van der Waals surface area contributed by atoms with Gasteiger partial charge in [-0.05, 0) is 97.7 Å². The number of piperidine rings is 1. The highest BCUT2D eigenvalue weighted by molar-refractivity contribution is 5.82. The van der Waals surface area contributed by atoms with Gasteiger partial charge >= 0.3 is 0 Å². The van der Waals surface area contributed by atoms with Crippen LogP contribution in [0.5, 0.6) is 5.75 Å². The number of hydrogen-bond donors (Lipinski definition) is 1. The predicted molar refractivity (Wildman–Crippen MR) is 152 cm³/mol. The van der Waals surface area contributed by atoms with Crippen molar-refractivity contribution in [1.82, 2.24) is 14.9 Å². The number of nitrogens with one attached hydrogen (secondary N) is 1. The number of aromatic nitrogens is 2. The Hall–Kier alpha value is -3.93. The molecule has 1 N–H and O–H groups in total. The SMILES string of the molecule is Cc1nc2ccc(-c3ccc4c(c3)C/C=C(/CC(=O)N3CCCCC3c3ccc(C)c(F)c3)CCO4)cc2[nH]1. The summed E-state index contributed by atoms with van der Waals surface area (Å²) in [5.41, 5.74) is 7.98. The Morgan fingerprint density at radius 2 is 1.92 bits per heavy atom. The van der Waals surface area contributed by atoms with Gasteiger partial charge in [-0.15, -0.1) is 0 Å². The van der Waals surface area contributed by atoms with Crippen LogP contribution in [0.4, 0.5) is 4.39 Å².